The Kier molecular flexibility index (Phi) is 10.5. The molecule has 2 aromatic rings. The topological polar surface area (TPSA) is 131 Å². The first-order chi connectivity index (χ1) is 18.1. The molecule has 10 nitrogen and oxygen atoms in total. The Labute approximate surface area is 223 Å². The first kappa shape index (κ1) is 29.4. The largest absolute Gasteiger partial charge is 0.497 e. The smallest absolute Gasteiger partial charge is 0.408 e. The molecule has 1 fully saturated rings. The van der Waals surface area contributed by atoms with Crippen LogP contribution in [-0.2, 0) is 30.7 Å². The number of sulfonamides is 1. The van der Waals surface area contributed by atoms with Crippen LogP contribution >= 0.6 is 0 Å². The number of aliphatic hydroxyl groups is 1. The zero-order chi connectivity index (χ0) is 27.7. The maximum absolute atomic E-state index is 13.6. The third-order valence-corrected chi connectivity index (χ3v) is 8.35. The van der Waals surface area contributed by atoms with Crippen LogP contribution in [0.15, 0.2) is 59.5 Å². The number of nitrogens with one attached hydrogen (secondary N) is 1. The molecule has 11 heteroatoms. The van der Waals surface area contributed by atoms with E-state index >= 15 is 0 Å². The van der Waals surface area contributed by atoms with Crippen molar-refractivity contribution in [1.29, 1.82) is 0 Å². The van der Waals surface area contributed by atoms with Gasteiger partial charge in [0.05, 0.1) is 30.8 Å². The molecule has 38 heavy (non-hydrogen) atoms. The number of nitrogens with zero attached hydrogens (tertiary/aromatic N) is 1. The van der Waals surface area contributed by atoms with Crippen molar-refractivity contribution in [2.45, 2.75) is 56.3 Å². The van der Waals surface area contributed by atoms with E-state index in [0.29, 0.717) is 5.75 Å². The number of alkyl carbamates (subject to hydrolysis) is 1. The zero-order valence-electron chi connectivity index (χ0n) is 21.9. The summed E-state index contributed by atoms with van der Waals surface area (Å²) < 4.78 is 43.6. The summed E-state index contributed by atoms with van der Waals surface area (Å²) in [5.74, 6) is -0.0750. The van der Waals surface area contributed by atoms with Crippen molar-refractivity contribution in [2.24, 2.45) is 5.92 Å². The molecule has 0 spiro atoms. The van der Waals surface area contributed by atoms with Gasteiger partial charge in [0.2, 0.25) is 16.1 Å². The number of hydrogen-bond acceptors (Lipinski definition) is 8. The van der Waals surface area contributed by atoms with Gasteiger partial charge in [-0.05, 0) is 42.2 Å². The third kappa shape index (κ3) is 7.92. The van der Waals surface area contributed by atoms with Gasteiger partial charge in [0, 0.05) is 19.5 Å². The number of hydrogen-bond donors (Lipinski definition) is 2. The zero-order valence-corrected chi connectivity index (χ0v) is 22.7. The Balaban J connectivity index is 1.83. The third-order valence-electron chi connectivity index (χ3n) is 6.50. The Morgan fingerprint density at radius 2 is 1.84 bits per heavy atom. The fourth-order valence-corrected chi connectivity index (χ4v) is 5.61. The number of aliphatic hydroxyl groups excluding tert-OH is 1. The van der Waals surface area contributed by atoms with Gasteiger partial charge in [-0.2, -0.15) is 4.31 Å². The predicted octanol–water partition coefficient (Wildman–Crippen LogP) is 2.75. The molecule has 2 N–H and O–H groups in total. The Hall–Kier alpha value is -3.15. The second-order valence-corrected chi connectivity index (χ2v) is 11.3. The van der Waals surface area contributed by atoms with E-state index in [1.54, 1.807) is 12.1 Å². The van der Waals surface area contributed by atoms with E-state index in [0.717, 1.165) is 12.0 Å². The molecule has 0 bridgehead atoms. The number of ether oxygens (including phenoxy) is 3. The van der Waals surface area contributed by atoms with E-state index in [1.807, 2.05) is 44.2 Å². The molecule has 4 atom stereocenters. The van der Waals surface area contributed by atoms with Crippen LogP contribution in [-0.4, -0.2) is 74.9 Å². The molecular formula is C27H36N2O8S. The maximum atomic E-state index is 13.6. The van der Waals surface area contributed by atoms with Crippen LogP contribution in [0.2, 0.25) is 0 Å². The van der Waals surface area contributed by atoms with Crippen LogP contribution in [0.5, 0.6) is 5.75 Å². The average molecular weight is 549 g/mol. The van der Waals surface area contributed by atoms with Gasteiger partial charge in [-0.15, -0.1) is 0 Å². The van der Waals surface area contributed by atoms with Gasteiger partial charge in [-0.3, -0.25) is 0 Å². The average Bonchev–Trinajstić information content (AvgIpc) is 3.32. The monoisotopic (exact) mass is 548 g/mol. The van der Waals surface area contributed by atoms with Gasteiger partial charge in [0.1, 0.15) is 5.75 Å². The first-order valence-corrected chi connectivity index (χ1v) is 14.1. The lowest BCUT2D eigenvalue weighted by Gasteiger charge is -2.31. The second kappa shape index (κ2) is 13.6. The molecule has 0 saturated carbocycles. The molecule has 0 aromatic heterocycles. The van der Waals surface area contributed by atoms with Crippen molar-refractivity contribution in [3.8, 4) is 5.75 Å². The summed E-state index contributed by atoms with van der Waals surface area (Å²) in [6, 6.07) is 14.3. The highest BCUT2D eigenvalue weighted by atomic mass is 32.2. The summed E-state index contributed by atoms with van der Waals surface area (Å²) in [6.45, 7) is 3.98. The molecular weight excluding hydrogens is 512 g/mol. The summed E-state index contributed by atoms with van der Waals surface area (Å²) in [6.07, 6.45) is -1.98. The molecule has 208 valence electrons. The van der Waals surface area contributed by atoms with E-state index in [4.69, 9.17) is 14.2 Å². The van der Waals surface area contributed by atoms with E-state index < -0.39 is 40.3 Å². The minimum atomic E-state index is -3.97. The summed E-state index contributed by atoms with van der Waals surface area (Å²) >= 11 is 0. The van der Waals surface area contributed by atoms with Crippen LogP contribution in [0.25, 0.3) is 0 Å². The van der Waals surface area contributed by atoms with E-state index in [1.165, 1.54) is 23.5 Å². The first-order valence-electron chi connectivity index (χ1n) is 12.6. The highest BCUT2D eigenvalue weighted by molar-refractivity contribution is 7.89. The molecule has 0 radical (unpaired) electrons. The van der Waals surface area contributed by atoms with E-state index in [2.05, 4.69) is 5.32 Å². The van der Waals surface area contributed by atoms with Gasteiger partial charge in [-0.25, -0.2) is 18.0 Å². The lowest BCUT2D eigenvalue weighted by atomic mass is 10.0. The van der Waals surface area contributed by atoms with Crippen molar-refractivity contribution in [2.75, 3.05) is 26.8 Å². The number of methoxy groups -OCH3 is 1. The van der Waals surface area contributed by atoms with Crippen LogP contribution in [0.1, 0.15) is 32.3 Å². The quantitative estimate of drug-likeness (QED) is 0.365. The maximum Gasteiger partial charge on any atom is 0.408 e. The standard InChI is InChI=1S/C27H36N2O8S/c1-4-19(2)17-29(38(33,34)22-12-10-21(35-3)11-13-22)18-24(30)23(16-20-8-6-5-7-9-20)28-27(32)37-25-14-15-36-26(25)31/h5-13,19,23-25,30H,4,14-18H2,1-3H3,(H,28,32)/t19-,23-,24+,25?/m0/s1. The van der Waals surface area contributed by atoms with Crippen molar-refractivity contribution < 1.29 is 37.3 Å². The lowest BCUT2D eigenvalue weighted by molar-refractivity contribution is -0.144. The molecule has 1 unspecified atom stereocenters. The predicted molar refractivity (Wildman–Crippen MR) is 140 cm³/mol. The molecule has 0 aliphatic carbocycles. The fourth-order valence-electron chi connectivity index (χ4n) is 4.03. The number of cyclic esters (lactones) is 1. The summed E-state index contributed by atoms with van der Waals surface area (Å²) in [7, 11) is -2.48. The van der Waals surface area contributed by atoms with Gasteiger partial charge in [-0.1, -0.05) is 50.6 Å². The van der Waals surface area contributed by atoms with Crippen LogP contribution in [0.3, 0.4) is 0 Å². The van der Waals surface area contributed by atoms with Crippen molar-refractivity contribution in [3.05, 3.63) is 60.2 Å². The van der Waals surface area contributed by atoms with E-state index in [9.17, 15) is 23.1 Å². The van der Waals surface area contributed by atoms with Crippen LogP contribution < -0.4 is 10.1 Å². The van der Waals surface area contributed by atoms with Crippen LogP contribution in [0, 0.1) is 5.92 Å². The van der Waals surface area contributed by atoms with Gasteiger partial charge in [0.15, 0.2) is 0 Å². The number of carbonyl (C=O) groups is 2. The molecule has 1 aliphatic rings. The number of rotatable bonds is 13. The molecule has 2 aromatic carbocycles. The van der Waals surface area contributed by atoms with Gasteiger partial charge < -0.3 is 24.6 Å². The van der Waals surface area contributed by atoms with Crippen molar-refractivity contribution in [3.63, 3.8) is 0 Å². The normalized spacial score (nSPS) is 17.9. The summed E-state index contributed by atoms with van der Waals surface area (Å²) in [5.41, 5.74) is 0.823. The number of benzene rings is 2. The number of amides is 1. The minimum absolute atomic E-state index is 0.0223. The van der Waals surface area contributed by atoms with Crippen molar-refractivity contribution >= 4 is 22.1 Å². The highest BCUT2D eigenvalue weighted by Gasteiger charge is 2.34. The Morgan fingerprint density at radius 1 is 1.16 bits per heavy atom. The number of carbonyl (C=O) groups excluding carboxylic acids is 2. The lowest BCUT2D eigenvalue weighted by Crippen LogP contribution is -2.51. The molecule has 1 aliphatic heterocycles. The van der Waals surface area contributed by atoms with Crippen LogP contribution in [0.4, 0.5) is 4.79 Å². The van der Waals surface area contributed by atoms with Gasteiger partial charge in [0.25, 0.3) is 0 Å². The minimum Gasteiger partial charge on any atom is -0.497 e. The van der Waals surface area contributed by atoms with Gasteiger partial charge >= 0.3 is 12.1 Å². The molecule has 1 heterocycles. The van der Waals surface area contributed by atoms with Crippen molar-refractivity contribution in [1.82, 2.24) is 9.62 Å². The summed E-state index contributed by atoms with van der Waals surface area (Å²) in [4.78, 5) is 24.4. The van der Waals surface area contributed by atoms with E-state index in [-0.39, 0.29) is 43.4 Å². The second-order valence-electron chi connectivity index (χ2n) is 9.37. The Bertz CT molecular complexity index is 1160. The Morgan fingerprint density at radius 3 is 2.42 bits per heavy atom. The number of esters is 1. The SMILES string of the molecule is CC[C@H](C)CN(C[C@@H](O)[C@H](Cc1ccccc1)NC(=O)OC1CCOC1=O)S(=O)(=O)c1ccc(OC)cc1. The molecule has 3 rings (SSSR count). The highest BCUT2D eigenvalue weighted by Crippen LogP contribution is 2.22. The summed E-state index contributed by atoms with van der Waals surface area (Å²) in [5, 5.41) is 13.9. The molecule has 1 amide bonds. The fraction of sp³-hybridized carbons (Fsp3) is 0.481. The molecule has 1 saturated heterocycles.